The maximum Gasteiger partial charge on any atom is 0.309 e. The van der Waals surface area contributed by atoms with Gasteiger partial charge in [-0.25, -0.2) is 0 Å². The van der Waals surface area contributed by atoms with E-state index in [1.165, 1.54) is 6.07 Å². The topological polar surface area (TPSA) is 81.9 Å². The minimum Gasteiger partial charge on any atom is -0.490 e. The van der Waals surface area contributed by atoms with Gasteiger partial charge in [-0.1, -0.05) is 30.3 Å². The number of hydrogen-bond acceptors (Lipinski definition) is 6. The lowest BCUT2D eigenvalue weighted by atomic mass is 9.96. The van der Waals surface area contributed by atoms with E-state index in [2.05, 4.69) is 0 Å². The summed E-state index contributed by atoms with van der Waals surface area (Å²) < 4.78 is 10.8. The Hall–Kier alpha value is -3.09. The van der Waals surface area contributed by atoms with Gasteiger partial charge in [0.15, 0.2) is 0 Å². The number of para-hydroxylation sites is 3. The summed E-state index contributed by atoms with van der Waals surface area (Å²) in [6.45, 7) is 1.69. The molecule has 2 aromatic rings. The Labute approximate surface area is 157 Å². The van der Waals surface area contributed by atoms with Crippen molar-refractivity contribution in [1.29, 1.82) is 0 Å². The molecule has 0 aromatic heterocycles. The maximum atomic E-state index is 12.2. The summed E-state index contributed by atoms with van der Waals surface area (Å²) in [5.74, 6) is 0.334. The van der Waals surface area contributed by atoms with Crippen LogP contribution in [-0.2, 0) is 9.53 Å². The third-order valence-corrected chi connectivity index (χ3v) is 4.59. The van der Waals surface area contributed by atoms with Crippen molar-refractivity contribution >= 4 is 17.3 Å². The number of nitro benzene ring substituents is 1. The van der Waals surface area contributed by atoms with E-state index < -0.39 is 0 Å². The molecule has 1 saturated heterocycles. The van der Waals surface area contributed by atoms with Gasteiger partial charge in [0.2, 0.25) is 0 Å². The summed E-state index contributed by atoms with van der Waals surface area (Å²) in [5, 5.41) is 11.2. The second-order valence-corrected chi connectivity index (χ2v) is 6.34. The van der Waals surface area contributed by atoms with Crippen LogP contribution >= 0.6 is 0 Å². The first kappa shape index (κ1) is 18.7. The molecule has 142 valence electrons. The van der Waals surface area contributed by atoms with Gasteiger partial charge in [-0.3, -0.25) is 14.9 Å². The Balaban J connectivity index is 1.43. The van der Waals surface area contributed by atoms with Gasteiger partial charge in [-0.05, 0) is 31.0 Å². The minimum absolute atomic E-state index is 0.0941. The van der Waals surface area contributed by atoms with Crippen LogP contribution in [0.25, 0.3) is 0 Å². The summed E-state index contributed by atoms with van der Waals surface area (Å²) in [5.41, 5.74) is 0.696. The first-order valence-electron chi connectivity index (χ1n) is 8.98. The molecule has 0 atom stereocenters. The lowest BCUT2D eigenvalue weighted by molar-refractivity contribution is -0.384. The molecular weight excluding hydrogens is 348 g/mol. The lowest BCUT2D eigenvalue weighted by Crippen LogP contribution is -2.37. The Bertz CT molecular complexity index is 773. The average Bonchev–Trinajstić information content (AvgIpc) is 2.72. The van der Waals surface area contributed by atoms with Gasteiger partial charge < -0.3 is 14.4 Å². The minimum atomic E-state index is -0.373. The lowest BCUT2D eigenvalue weighted by Gasteiger charge is -2.32. The second kappa shape index (κ2) is 9.02. The molecule has 0 radical (unpaired) electrons. The van der Waals surface area contributed by atoms with Gasteiger partial charge in [0.25, 0.3) is 5.69 Å². The van der Waals surface area contributed by atoms with Crippen molar-refractivity contribution in [3.8, 4) is 5.75 Å². The molecule has 0 spiro atoms. The van der Waals surface area contributed by atoms with Crippen LogP contribution in [0.3, 0.4) is 0 Å². The number of benzene rings is 2. The predicted molar refractivity (Wildman–Crippen MR) is 101 cm³/mol. The number of esters is 1. The SMILES string of the molecule is O=C(OCCOc1ccccc1)C1CCN(c2ccccc2[N+](=O)[O-])CC1. The van der Waals surface area contributed by atoms with Crippen LogP contribution in [0, 0.1) is 16.0 Å². The zero-order valence-electron chi connectivity index (χ0n) is 15.0. The number of ether oxygens (including phenoxy) is 2. The van der Waals surface area contributed by atoms with E-state index in [9.17, 15) is 14.9 Å². The molecule has 1 aliphatic heterocycles. The average molecular weight is 370 g/mol. The molecule has 0 bridgehead atoms. The maximum absolute atomic E-state index is 12.2. The van der Waals surface area contributed by atoms with Crippen molar-refractivity contribution in [3.63, 3.8) is 0 Å². The Kier molecular flexibility index (Phi) is 6.25. The van der Waals surface area contributed by atoms with Gasteiger partial charge in [0, 0.05) is 19.2 Å². The molecular formula is C20H22N2O5. The number of rotatable bonds is 7. The van der Waals surface area contributed by atoms with E-state index in [-0.39, 0.29) is 29.1 Å². The molecule has 3 rings (SSSR count). The summed E-state index contributed by atoms with van der Waals surface area (Å²) in [7, 11) is 0. The van der Waals surface area contributed by atoms with Crippen LogP contribution in [0.2, 0.25) is 0 Å². The molecule has 1 fully saturated rings. The number of carbonyl (C=O) groups is 1. The number of hydrogen-bond donors (Lipinski definition) is 0. The molecule has 1 heterocycles. The summed E-state index contributed by atoms with van der Waals surface area (Å²) >= 11 is 0. The second-order valence-electron chi connectivity index (χ2n) is 6.34. The summed E-state index contributed by atoms with van der Waals surface area (Å²) in [6, 6.07) is 16.1. The Morgan fingerprint density at radius 3 is 2.41 bits per heavy atom. The zero-order valence-corrected chi connectivity index (χ0v) is 15.0. The monoisotopic (exact) mass is 370 g/mol. The molecule has 0 aliphatic carbocycles. The highest BCUT2D eigenvalue weighted by Crippen LogP contribution is 2.31. The van der Waals surface area contributed by atoms with Gasteiger partial charge in [-0.2, -0.15) is 0 Å². The highest BCUT2D eigenvalue weighted by molar-refractivity contribution is 5.73. The Morgan fingerprint density at radius 2 is 1.70 bits per heavy atom. The molecule has 0 N–H and O–H groups in total. The van der Waals surface area contributed by atoms with Gasteiger partial charge in [-0.15, -0.1) is 0 Å². The predicted octanol–water partition coefficient (Wildman–Crippen LogP) is 3.43. The van der Waals surface area contributed by atoms with Crippen LogP contribution in [0.1, 0.15) is 12.8 Å². The van der Waals surface area contributed by atoms with E-state index in [0.717, 1.165) is 5.75 Å². The number of piperidine rings is 1. The number of nitrogens with zero attached hydrogens (tertiary/aromatic N) is 2. The van der Waals surface area contributed by atoms with Gasteiger partial charge in [0.05, 0.1) is 10.8 Å². The summed E-state index contributed by atoms with van der Waals surface area (Å²) in [4.78, 5) is 25.0. The van der Waals surface area contributed by atoms with Crippen molar-refractivity contribution in [3.05, 3.63) is 64.7 Å². The van der Waals surface area contributed by atoms with Crippen molar-refractivity contribution in [1.82, 2.24) is 0 Å². The highest BCUT2D eigenvalue weighted by Gasteiger charge is 2.28. The third kappa shape index (κ3) is 4.97. The molecule has 7 heteroatoms. The fraction of sp³-hybridized carbons (Fsp3) is 0.350. The third-order valence-electron chi connectivity index (χ3n) is 4.59. The summed E-state index contributed by atoms with van der Waals surface area (Å²) in [6.07, 6.45) is 1.23. The smallest absolute Gasteiger partial charge is 0.309 e. The molecule has 0 saturated carbocycles. The van der Waals surface area contributed by atoms with Crippen LogP contribution < -0.4 is 9.64 Å². The van der Waals surface area contributed by atoms with Crippen molar-refractivity contribution in [2.75, 3.05) is 31.2 Å². The number of anilines is 1. The first-order valence-corrected chi connectivity index (χ1v) is 8.98. The van der Waals surface area contributed by atoms with Gasteiger partial charge in [0.1, 0.15) is 24.7 Å². The largest absolute Gasteiger partial charge is 0.490 e. The number of nitro groups is 1. The van der Waals surface area contributed by atoms with Crippen LogP contribution in [0.15, 0.2) is 54.6 Å². The highest BCUT2D eigenvalue weighted by atomic mass is 16.6. The quantitative estimate of drug-likeness (QED) is 0.321. The first-order chi connectivity index (χ1) is 13.1. The van der Waals surface area contributed by atoms with Crippen molar-refractivity contribution in [2.45, 2.75) is 12.8 Å². The van der Waals surface area contributed by atoms with E-state index in [4.69, 9.17) is 9.47 Å². The molecule has 7 nitrogen and oxygen atoms in total. The van der Waals surface area contributed by atoms with E-state index in [1.54, 1.807) is 18.2 Å². The van der Waals surface area contributed by atoms with Crippen LogP contribution in [-0.4, -0.2) is 37.2 Å². The van der Waals surface area contributed by atoms with Gasteiger partial charge >= 0.3 is 5.97 Å². The van der Waals surface area contributed by atoms with Crippen molar-refractivity contribution in [2.24, 2.45) is 5.92 Å². The normalized spacial score (nSPS) is 14.6. The molecule has 27 heavy (non-hydrogen) atoms. The van der Waals surface area contributed by atoms with E-state index in [1.807, 2.05) is 35.2 Å². The van der Waals surface area contributed by atoms with E-state index >= 15 is 0 Å². The van der Waals surface area contributed by atoms with E-state index in [0.29, 0.717) is 38.2 Å². The van der Waals surface area contributed by atoms with Crippen LogP contribution in [0.4, 0.5) is 11.4 Å². The molecule has 2 aromatic carbocycles. The fourth-order valence-corrected chi connectivity index (χ4v) is 3.18. The zero-order chi connectivity index (χ0) is 19.1. The molecule has 0 unspecified atom stereocenters. The van der Waals surface area contributed by atoms with Crippen LogP contribution in [0.5, 0.6) is 5.75 Å². The Morgan fingerprint density at radius 1 is 1.04 bits per heavy atom. The number of carbonyl (C=O) groups excluding carboxylic acids is 1. The molecule has 0 amide bonds. The van der Waals surface area contributed by atoms with Crippen molar-refractivity contribution < 1.29 is 19.2 Å². The fourth-order valence-electron chi connectivity index (χ4n) is 3.18. The molecule has 1 aliphatic rings. The standard InChI is InChI=1S/C20H22N2O5/c23-20(27-15-14-26-17-6-2-1-3-7-17)16-10-12-21(13-11-16)18-8-4-5-9-19(18)22(24)25/h1-9,16H,10-15H2.